The van der Waals surface area contributed by atoms with Crippen molar-refractivity contribution in [2.24, 2.45) is 5.92 Å². The molecule has 1 aliphatic heterocycles. The minimum Gasteiger partial charge on any atom is -0.339 e. The van der Waals surface area contributed by atoms with Crippen LogP contribution in [0, 0.1) is 5.92 Å². The molecule has 2 aromatic heterocycles. The smallest absolute Gasteiger partial charge is 0.317 e. The van der Waals surface area contributed by atoms with Gasteiger partial charge in [-0.15, -0.1) is 0 Å². The van der Waals surface area contributed by atoms with Gasteiger partial charge in [0.1, 0.15) is 0 Å². The molecule has 8 heteroatoms. The van der Waals surface area contributed by atoms with Gasteiger partial charge < -0.3 is 15.1 Å². The highest BCUT2D eigenvalue weighted by Crippen LogP contribution is 2.29. The van der Waals surface area contributed by atoms with Crippen LogP contribution in [0.4, 0.5) is 4.79 Å². The first-order valence-corrected chi connectivity index (χ1v) is 9.66. The molecular formula is C19H26N6O2. The molecule has 3 heterocycles. The Morgan fingerprint density at radius 1 is 1.33 bits per heavy atom. The Labute approximate surface area is 158 Å². The molecule has 4 rings (SSSR count). The monoisotopic (exact) mass is 370 g/mol. The topological polar surface area (TPSA) is 82.8 Å². The van der Waals surface area contributed by atoms with Crippen molar-refractivity contribution in [1.82, 2.24) is 29.5 Å². The molecule has 144 valence electrons. The summed E-state index contributed by atoms with van der Waals surface area (Å²) >= 11 is 0. The third kappa shape index (κ3) is 3.74. The van der Waals surface area contributed by atoms with Crippen molar-refractivity contribution >= 4 is 17.6 Å². The van der Waals surface area contributed by atoms with Gasteiger partial charge in [0.25, 0.3) is 0 Å². The van der Waals surface area contributed by atoms with Gasteiger partial charge >= 0.3 is 6.03 Å². The number of nitrogens with zero attached hydrogens (tertiary/aromatic N) is 5. The fraction of sp³-hybridized carbons (Fsp3) is 0.579. The van der Waals surface area contributed by atoms with E-state index in [2.05, 4.69) is 20.2 Å². The summed E-state index contributed by atoms with van der Waals surface area (Å²) in [6, 6.07) is 0.289. The van der Waals surface area contributed by atoms with Crippen LogP contribution in [0.2, 0.25) is 0 Å². The van der Waals surface area contributed by atoms with Gasteiger partial charge in [-0.2, -0.15) is 0 Å². The number of amides is 3. The van der Waals surface area contributed by atoms with Gasteiger partial charge in [0.2, 0.25) is 5.91 Å². The average molecular weight is 370 g/mol. The number of aromatic nitrogens is 3. The lowest BCUT2D eigenvalue weighted by Crippen LogP contribution is -2.40. The molecule has 1 aliphatic carbocycles. The number of urea groups is 1. The summed E-state index contributed by atoms with van der Waals surface area (Å²) in [4.78, 5) is 36.8. The van der Waals surface area contributed by atoms with Crippen molar-refractivity contribution in [2.45, 2.75) is 44.7 Å². The Balaban J connectivity index is 1.28. The number of hydrogen-bond donors (Lipinski definition) is 1. The van der Waals surface area contributed by atoms with Crippen molar-refractivity contribution in [3.05, 3.63) is 30.5 Å². The first-order chi connectivity index (χ1) is 13.1. The van der Waals surface area contributed by atoms with Gasteiger partial charge in [-0.05, 0) is 12.8 Å². The van der Waals surface area contributed by atoms with Crippen LogP contribution >= 0.6 is 0 Å². The van der Waals surface area contributed by atoms with Crippen LogP contribution in [0.5, 0.6) is 0 Å². The second-order valence-electron chi connectivity index (χ2n) is 7.65. The van der Waals surface area contributed by atoms with E-state index < -0.39 is 0 Å². The number of nitrogens with one attached hydrogen (secondary N) is 1. The molecule has 0 aromatic carbocycles. The van der Waals surface area contributed by atoms with E-state index in [1.54, 1.807) is 30.5 Å². The highest BCUT2D eigenvalue weighted by molar-refractivity contribution is 5.79. The van der Waals surface area contributed by atoms with Crippen molar-refractivity contribution < 1.29 is 9.59 Å². The van der Waals surface area contributed by atoms with Gasteiger partial charge in [0, 0.05) is 50.9 Å². The van der Waals surface area contributed by atoms with E-state index in [4.69, 9.17) is 0 Å². The molecule has 1 saturated carbocycles. The lowest BCUT2D eigenvalue weighted by Gasteiger charge is -2.25. The van der Waals surface area contributed by atoms with Gasteiger partial charge in [0.05, 0.1) is 24.6 Å². The van der Waals surface area contributed by atoms with Crippen LogP contribution in [0.1, 0.15) is 37.8 Å². The molecule has 27 heavy (non-hydrogen) atoms. The minimum absolute atomic E-state index is 0.134. The van der Waals surface area contributed by atoms with E-state index in [1.807, 2.05) is 10.6 Å². The number of carbonyl (C=O) groups is 2. The third-order valence-electron chi connectivity index (χ3n) is 5.70. The number of hydrogen-bond acceptors (Lipinski definition) is 4. The van der Waals surface area contributed by atoms with Crippen LogP contribution in [0.25, 0.3) is 5.65 Å². The number of fused-ring (bicyclic) bond motifs is 1. The molecule has 8 nitrogen and oxygen atoms in total. The fourth-order valence-corrected chi connectivity index (χ4v) is 4.30. The molecule has 1 unspecified atom stereocenters. The molecular weight excluding hydrogens is 344 g/mol. The van der Waals surface area contributed by atoms with Gasteiger partial charge in [-0.25, -0.2) is 9.78 Å². The Bertz CT molecular complexity index is 828. The Morgan fingerprint density at radius 3 is 2.96 bits per heavy atom. The normalized spacial score (nSPS) is 20.6. The molecule has 2 aliphatic rings. The lowest BCUT2D eigenvalue weighted by atomic mass is 10.1. The van der Waals surface area contributed by atoms with Crippen molar-refractivity contribution in [3.63, 3.8) is 0 Å². The first-order valence-electron chi connectivity index (χ1n) is 9.66. The SMILES string of the molecule is CN(CC1CC(=O)N(C2CCCC2)C1)C(=O)NCc1cnc2cnccn12. The van der Waals surface area contributed by atoms with Crippen LogP contribution < -0.4 is 5.32 Å². The summed E-state index contributed by atoms with van der Waals surface area (Å²) in [5.74, 6) is 0.468. The number of carbonyl (C=O) groups excluding carboxylic acids is 2. The molecule has 0 radical (unpaired) electrons. The maximum atomic E-state index is 12.5. The predicted octanol–water partition coefficient (Wildman–Crippen LogP) is 1.66. The van der Waals surface area contributed by atoms with E-state index in [1.165, 1.54) is 12.8 Å². The quantitative estimate of drug-likeness (QED) is 0.868. The Kier molecular flexibility index (Phi) is 4.96. The Hall–Kier alpha value is -2.64. The van der Waals surface area contributed by atoms with E-state index >= 15 is 0 Å². The number of imidazole rings is 1. The van der Waals surface area contributed by atoms with Crippen LogP contribution in [-0.4, -0.2) is 62.3 Å². The fourth-order valence-electron chi connectivity index (χ4n) is 4.30. The molecule has 3 amide bonds. The largest absolute Gasteiger partial charge is 0.339 e. The third-order valence-corrected chi connectivity index (χ3v) is 5.70. The van der Waals surface area contributed by atoms with Crippen molar-refractivity contribution in [3.8, 4) is 0 Å². The van der Waals surface area contributed by atoms with Crippen LogP contribution in [-0.2, 0) is 11.3 Å². The number of rotatable bonds is 5. The van der Waals surface area contributed by atoms with Crippen LogP contribution in [0.15, 0.2) is 24.8 Å². The van der Waals surface area contributed by atoms with Gasteiger partial charge in [-0.1, -0.05) is 12.8 Å². The van der Waals surface area contributed by atoms with Crippen molar-refractivity contribution in [1.29, 1.82) is 0 Å². The second kappa shape index (κ2) is 7.54. The van der Waals surface area contributed by atoms with E-state index in [0.717, 1.165) is 30.7 Å². The summed E-state index contributed by atoms with van der Waals surface area (Å²) in [5, 5.41) is 2.94. The molecule has 2 fully saturated rings. The minimum atomic E-state index is -0.134. The average Bonchev–Trinajstić information content (AvgIpc) is 3.39. The summed E-state index contributed by atoms with van der Waals surface area (Å²) < 4.78 is 1.91. The lowest BCUT2D eigenvalue weighted by molar-refractivity contribution is -0.129. The van der Waals surface area contributed by atoms with Crippen molar-refractivity contribution in [2.75, 3.05) is 20.1 Å². The van der Waals surface area contributed by atoms with E-state index in [-0.39, 0.29) is 17.9 Å². The highest BCUT2D eigenvalue weighted by atomic mass is 16.2. The summed E-state index contributed by atoms with van der Waals surface area (Å²) in [6.45, 7) is 1.77. The Morgan fingerprint density at radius 2 is 2.15 bits per heavy atom. The zero-order chi connectivity index (χ0) is 18.8. The van der Waals surface area contributed by atoms with Gasteiger partial charge in [-0.3, -0.25) is 14.2 Å². The van der Waals surface area contributed by atoms with Gasteiger partial charge in [0.15, 0.2) is 5.65 Å². The number of likely N-dealkylation sites (tertiary alicyclic amines) is 1. The molecule has 2 aromatic rings. The summed E-state index contributed by atoms with van der Waals surface area (Å²) in [6.07, 6.45) is 12.2. The molecule has 1 atom stereocenters. The standard InChI is InChI=1S/C19H26N6O2/c1-23(12-14-8-18(26)25(13-14)15-4-2-3-5-15)19(27)22-10-16-9-21-17-11-20-6-7-24(16)17/h6-7,9,11,14-15H,2-5,8,10,12-13H2,1H3,(H,22,27). The first kappa shape index (κ1) is 17.8. The van der Waals surface area contributed by atoms with Crippen LogP contribution in [0.3, 0.4) is 0 Å². The maximum absolute atomic E-state index is 12.5. The molecule has 1 saturated heterocycles. The predicted molar refractivity (Wildman–Crippen MR) is 99.9 cm³/mol. The van der Waals surface area contributed by atoms with E-state index in [0.29, 0.717) is 25.6 Å². The molecule has 0 spiro atoms. The highest BCUT2D eigenvalue weighted by Gasteiger charge is 2.36. The molecule has 1 N–H and O–H groups in total. The zero-order valence-corrected chi connectivity index (χ0v) is 15.7. The van der Waals surface area contributed by atoms with E-state index in [9.17, 15) is 9.59 Å². The second-order valence-corrected chi connectivity index (χ2v) is 7.65. The molecule has 0 bridgehead atoms. The zero-order valence-electron chi connectivity index (χ0n) is 15.7. The maximum Gasteiger partial charge on any atom is 0.317 e. The summed E-state index contributed by atoms with van der Waals surface area (Å²) in [5.41, 5.74) is 1.66. The summed E-state index contributed by atoms with van der Waals surface area (Å²) in [7, 11) is 1.79.